The topological polar surface area (TPSA) is 35.6 Å². The summed E-state index contributed by atoms with van der Waals surface area (Å²) in [5.41, 5.74) is 1.27. The number of nitrogens with zero attached hydrogens (tertiary/aromatic N) is 2. The van der Waals surface area contributed by atoms with Crippen LogP contribution < -0.4 is 5.32 Å². The number of hydrogen-bond donors (Lipinski definition) is 1. The molecule has 1 atom stereocenters. The SMILES string of the molecule is CNC(C)c1ccc(SCC(=O)N2CCN(C)CC2)cc1. The van der Waals surface area contributed by atoms with Crippen LogP contribution >= 0.6 is 11.8 Å². The number of hydrogen-bond acceptors (Lipinski definition) is 4. The van der Waals surface area contributed by atoms with Gasteiger partial charge in [-0.3, -0.25) is 4.79 Å². The minimum absolute atomic E-state index is 0.251. The number of carbonyl (C=O) groups is 1. The Bertz CT molecular complexity index is 455. The van der Waals surface area contributed by atoms with Gasteiger partial charge in [-0.05, 0) is 38.7 Å². The standard InChI is InChI=1S/C16H25N3OS/c1-13(17-2)14-4-6-15(7-5-14)21-12-16(20)19-10-8-18(3)9-11-19/h4-7,13,17H,8-12H2,1-3H3. The smallest absolute Gasteiger partial charge is 0.233 e. The first-order valence-electron chi connectivity index (χ1n) is 7.46. The third kappa shape index (κ3) is 4.73. The van der Waals surface area contributed by atoms with Crippen LogP contribution in [0.3, 0.4) is 0 Å². The van der Waals surface area contributed by atoms with Crippen LogP contribution in [0.25, 0.3) is 0 Å². The summed E-state index contributed by atoms with van der Waals surface area (Å²) in [4.78, 5) is 17.6. The van der Waals surface area contributed by atoms with Crippen LogP contribution in [0.4, 0.5) is 0 Å². The van der Waals surface area contributed by atoms with E-state index in [-0.39, 0.29) is 5.91 Å². The Morgan fingerprint density at radius 2 is 1.86 bits per heavy atom. The van der Waals surface area contributed by atoms with Gasteiger partial charge in [0.05, 0.1) is 5.75 Å². The molecule has 0 aliphatic carbocycles. The molecule has 5 heteroatoms. The summed E-state index contributed by atoms with van der Waals surface area (Å²) < 4.78 is 0. The molecule has 0 bridgehead atoms. The second-order valence-electron chi connectivity index (χ2n) is 5.55. The minimum atomic E-state index is 0.251. The predicted octanol–water partition coefficient (Wildman–Crippen LogP) is 1.83. The van der Waals surface area contributed by atoms with E-state index in [2.05, 4.69) is 48.5 Å². The van der Waals surface area contributed by atoms with Crippen molar-refractivity contribution in [3.05, 3.63) is 29.8 Å². The van der Waals surface area contributed by atoms with E-state index in [1.54, 1.807) is 11.8 Å². The van der Waals surface area contributed by atoms with Crippen LogP contribution in [0, 0.1) is 0 Å². The molecule has 4 nitrogen and oxygen atoms in total. The number of rotatable bonds is 5. The minimum Gasteiger partial charge on any atom is -0.339 e. The molecule has 0 spiro atoms. The van der Waals surface area contributed by atoms with E-state index in [9.17, 15) is 4.79 Å². The van der Waals surface area contributed by atoms with Crippen LogP contribution in [0.15, 0.2) is 29.2 Å². The quantitative estimate of drug-likeness (QED) is 0.842. The van der Waals surface area contributed by atoms with Crippen LogP contribution in [-0.4, -0.2) is 61.7 Å². The third-order valence-electron chi connectivity index (χ3n) is 4.03. The molecule has 2 rings (SSSR count). The van der Waals surface area contributed by atoms with Crippen molar-refractivity contribution in [1.29, 1.82) is 0 Å². The van der Waals surface area contributed by atoms with E-state index < -0.39 is 0 Å². The molecule has 1 saturated heterocycles. The highest BCUT2D eigenvalue weighted by Crippen LogP contribution is 2.21. The molecule has 1 N–H and O–H groups in total. The average molecular weight is 307 g/mol. The van der Waals surface area contributed by atoms with Gasteiger partial charge in [0.15, 0.2) is 0 Å². The summed E-state index contributed by atoms with van der Waals surface area (Å²) >= 11 is 1.63. The first kappa shape index (κ1) is 16.3. The number of likely N-dealkylation sites (N-methyl/N-ethyl adjacent to an activating group) is 1. The molecule has 1 unspecified atom stereocenters. The lowest BCUT2D eigenvalue weighted by Gasteiger charge is -2.32. The maximum atomic E-state index is 12.2. The molecule has 1 aliphatic heterocycles. The fraction of sp³-hybridized carbons (Fsp3) is 0.562. The lowest BCUT2D eigenvalue weighted by molar-refractivity contribution is -0.129. The summed E-state index contributed by atoms with van der Waals surface area (Å²) in [7, 11) is 4.06. The Morgan fingerprint density at radius 1 is 1.24 bits per heavy atom. The van der Waals surface area contributed by atoms with Crippen molar-refractivity contribution < 1.29 is 4.79 Å². The number of thioether (sulfide) groups is 1. The molecule has 1 amide bonds. The van der Waals surface area contributed by atoms with E-state index in [4.69, 9.17) is 0 Å². The van der Waals surface area contributed by atoms with Crippen molar-refractivity contribution in [1.82, 2.24) is 15.1 Å². The second kappa shape index (κ2) is 7.82. The number of carbonyl (C=O) groups excluding carboxylic acids is 1. The number of piperazine rings is 1. The van der Waals surface area contributed by atoms with Crippen molar-refractivity contribution in [2.24, 2.45) is 0 Å². The summed E-state index contributed by atoms with van der Waals surface area (Å²) in [6.07, 6.45) is 0. The van der Waals surface area contributed by atoms with Crippen LogP contribution in [-0.2, 0) is 4.79 Å². The second-order valence-corrected chi connectivity index (χ2v) is 6.60. The highest BCUT2D eigenvalue weighted by Gasteiger charge is 2.18. The average Bonchev–Trinajstić information content (AvgIpc) is 2.53. The third-order valence-corrected chi connectivity index (χ3v) is 5.03. The fourth-order valence-corrected chi connectivity index (χ4v) is 3.11. The highest BCUT2D eigenvalue weighted by atomic mass is 32.2. The van der Waals surface area contributed by atoms with E-state index in [0.717, 1.165) is 31.1 Å². The largest absolute Gasteiger partial charge is 0.339 e. The monoisotopic (exact) mass is 307 g/mol. The predicted molar refractivity (Wildman–Crippen MR) is 88.7 cm³/mol. The lowest BCUT2D eigenvalue weighted by Crippen LogP contribution is -2.47. The maximum absolute atomic E-state index is 12.2. The van der Waals surface area contributed by atoms with Gasteiger partial charge in [-0.1, -0.05) is 12.1 Å². The summed E-state index contributed by atoms with van der Waals surface area (Å²) in [5.74, 6) is 0.783. The Morgan fingerprint density at radius 3 is 2.43 bits per heavy atom. The first-order valence-corrected chi connectivity index (χ1v) is 8.45. The molecule has 0 radical (unpaired) electrons. The van der Waals surface area contributed by atoms with Crippen molar-refractivity contribution in [3.63, 3.8) is 0 Å². The van der Waals surface area contributed by atoms with Crippen LogP contribution in [0.5, 0.6) is 0 Å². The fourth-order valence-electron chi connectivity index (χ4n) is 2.31. The van der Waals surface area contributed by atoms with Crippen molar-refractivity contribution >= 4 is 17.7 Å². The van der Waals surface area contributed by atoms with Crippen LogP contribution in [0.1, 0.15) is 18.5 Å². The Labute approximate surface area is 131 Å². The van der Waals surface area contributed by atoms with Gasteiger partial charge in [0, 0.05) is 37.1 Å². The number of benzene rings is 1. The Hall–Kier alpha value is -1.04. The van der Waals surface area contributed by atoms with Gasteiger partial charge in [-0.25, -0.2) is 0 Å². The summed E-state index contributed by atoms with van der Waals surface area (Å²) in [6, 6.07) is 8.82. The molecule has 1 fully saturated rings. The molecule has 0 aromatic heterocycles. The molecule has 116 valence electrons. The Balaban J connectivity index is 1.81. The normalized spacial score (nSPS) is 17.8. The molecule has 1 aliphatic rings. The van der Waals surface area contributed by atoms with E-state index >= 15 is 0 Å². The van der Waals surface area contributed by atoms with Gasteiger partial charge < -0.3 is 15.1 Å². The molecule has 21 heavy (non-hydrogen) atoms. The molecular weight excluding hydrogens is 282 g/mol. The molecule has 1 aromatic rings. The van der Waals surface area contributed by atoms with Crippen LogP contribution in [0.2, 0.25) is 0 Å². The van der Waals surface area contributed by atoms with Gasteiger partial charge in [0.2, 0.25) is 5.91 Å². The zero-order chi connectivity index (χ0) is 15.2. The van der Waals surface area contributed by atoms with Crippen molar-refractivity contribution in [3.8, 4) is 0 Å². The van der Waals surface area contributed by atoms with Gasteiger partial charge in [0.25, 0.3) is 0 Å². The molecular formula is C16H25N3OS. The van der Waals surface area contributed by atoms with Crippen molar-refractivity contribution in [2.45, 2.75) is 17.9 Å². The summed E-state index contributed by atoms with van der Waals surface area (Å²) in [6.45, 7) is 5.81. The molecule has 0 saturated carbocycles. The van der Waals surface area contributed by atoms with E-state index in [1.807, 2.05) is 11.9 Å². The van der Waals surface area contributed by atoms with E-state index in [0.29, 0.717) is 11.8 Å². The summed E-state index contributed by atoms with van der Waals surface area (Å²) in [5, 5.41) is 3.23. The highest BCUT2D eigenvalue weighted by molar-refractivity contribution is 8.00. The Kier molecular flexibility index (Phi) is 6.08. The lowest BCUT2D eigenvalue weighted by atomic mass is 10.1. The number of amides is 1. The number of nitrogens with one attached hydrogen (secondary N) is 1. The van der Waals surface area contributed by atoms with Gasteiger partial charge in [-0.2, -0.15) is 0 Å². The first-order chi connectivity index (χ1) is 10.1. The van der Waals surface area contributed by atoms with E-state index in [1.165, 1.54) is 5.56 Å². The van der Waals surface area contributed by atoms with Crippen molar-refractivity contribution in [2.75, 3.05) is 46.0 Å². The zero-order valence-electron chi connectivity index (χ0n) is 13.1. The molecule has 1 aromatic carbocycles. The van der Waals surface area contributed by atoms with Gasteiger partial charge >= 0.3 is 0 Å². The molecule has 1 heterocycles. The zero-order valence-corrected chi connectivity index (χ0v) is 13.9. The van der Waals surface area contributed by atoms with Gasteiger partial charge in [0.1, 0.15) is 0 Å². The van der Waals surface area contributed by atoms with Gasteiger partial charge in [-0.15, -0.1) is 11.8 Å². The maximum Gasteiger partial charge on any atom is 0.233 e.